The van der Waals surface area contributed by atoms with Crippen LogP contribution < -0.4 is 0 Å². The number of nitrogens with zero attached hydrogens (tertiary/aromatic N) is 2. The molecule has 2 aliphatic rings. The maximum absolute atomic E-state index is 12.3. The lowest BCUT2D eigenvalue weighted by atomic mass is 9.84. The highest BCUT2D eigenvalue weighted by Gasteiger charge is 2.27. The van der Waals surface area contributed by atoms with E-state index in [0.29, 0.717) is 24.6 Å². The number of ether oxygens (including phenoxy) is 2. The first-order valence-electron chi connectivity index (χ1n) is 18.5. The van der Waals surface area contributed by atoms with Crippen LogP contribution in [0.2, 0.25) is 0 Å². The number of carboxylic acid groups (broad SMARTS) is 1. The maximum atomic E-state index is 12.3. The third-order valence-electron chi connectivity index (χ3n) is 9.12. The molecule has 0 bridgehead atoms. The molecule has 47 heavy (non-hydrogen) atoms. The fraction of sp³-hybridized carbons (Fsp3) is 0.868. The minimum absolute atomic E-state index is 0.0166. The molecule has 270 valence electrons. The van der Waals surface area contributed by atoms with Gasteiger partial charge in [-0.3, -0.25) is 14.4 Å². The summed E-state index contributed by atoms with van der Waals surface area (Å²) in [7, 11) is 0. The number of hydrogen-bond donors (Lipinski definition) is 1. The molecule has 1 aromatic heterocycles. The fourth-order valence-corrected chi connectivity index (χ4v) is 6.70. The van der Waals surface area contributed by atoms with Gasteiger partial charge in [0, 0.05) is 11.8 Å². The standard InChI is InChI=1S/C21H36N2O3.C17H30O4/c1-15(2)19-22-20(26-23-19)17(14-18(24)25-21(3,4)5)13-9-12-16-10-7-6-8-11-16;1-17(2,3)21-15(18)12-14(16(19)20)11-7-10-13-8-5-4-6-9-13/h15-17H,6-14H2,1-5H3;13-14H,4-12H2,1-3H3,(H,19,20)/t17-;14-/m11/s1. The highest BCUT2D eigenvalue weighted by atomic mass is 16.6. The van der Waals surface area contributed by atoms with Crippen LogP contribution in [-0.2, 0) is 23.9 Å². The zero-order chi connectivity index (χ0) is 35.0. The largest absolute Gasteiger partial charge is 0.481 e. The van der Waals surface area contributed by atoms with E-state index in [1.54, 1.807) is 20.8 Å². The first-order valence-corrected chi connectivity index (χ1v) is 18.5. The fourth-order valence-electron chi connectivity index (χ4n) is 6.70. The number of carbonyl (C=O) groups excluding carboxylic acids is 2. The Balaban J connectivity index is 0.000000335. The van der Waals surface area contributed by atoms with Crippen molar-refractivity contribution in [3.05, 3.63) is 11.7 Å². The van der Waals surface area contributed by atoms with E-state index < -0.39 is 29.1 Å². The van der Waals surface area contributed by atoms with E-state index in [0.717, 1.165) is 37.5 Å². The summed E-state index contributed by atoms with van der Waals surface area (Å²) in [5, 5.41) is 13.3. The first kappa shape index (κ1) is 40.7. The van der Waals surface area contributed by atoms with Crippen LogP contribution in [0, 0.1) is 17.8 Å². The molecule has 9 nitrogen and oxygen atoms in total. The smallest absolute Gasteiger partial charge is 0.307 e. The molecule has 0 unspecified atom stereocenters. The molecule has 3 rings (SSSR count). The van der Waals surface area contributed by atoms with E-state index in [1.807, 2.05) is 34.6 Å². The van der Waals surface area contributed by atoms with Gasteiger partial charge in [-0.05, 0) is 66.2 Å². The van der Waals surface area contributed by atoms with Crippen molar-refractivity contribution >= 4 is 17.9 Å². The number of aromatic nitrogens is 2. The molecule has 0 radical (unpaired) electrons. The Hall–Kier alpha value is -2.45. The molecule has 0 spiro atoms. The average molecular weight is 663 g/mol. The van der Waals surface area contributed by atoms with Crippen LogP contribution in [0.1, 0.15) is 195 Å². The molecule has 9 heteroatoms. The van der Waals surface area contributed by atoms with Gasteiger partial charge in [0.1, 0.15) is 11.2 Å². The zero-order valence-corrected chi connectivity index (χ0v) is 30.9. The molecule has 2 fully saturated rings. The summed E-state index contributed by atoms with van der Waals surface area (Å²) in [6.45, 7) is 15.2. The summed E-state index contributed by atoms with van der Waals surface area (Å²) >= 11 is 0. The molecular formula is C38H66N2O7. The van der Waals surface area contributed by atoms with Crippen LogP contribution in [-0.4, -0.2) is 44.4 Å². The van der Waals surface area contributed by atoms with E-state index >= 15 is 0 Å². The van der Waals surface area contributed by atoms with Gasteiger partial charge in [-0.25, -0.2) is 0 Å². The van der Waals surface area contributed by atoms with Gasteiger partial charge in [0.05, 0.1) is 18.8 Å². The molecule has 1 aromatic rings. The number of carbonyl (C=O) groups is 3. The molecule has 2 atom stereocenters. The minimum Gasteiger partial charge on any atom is -0.481 e. The Bertz CT molecular complexity index is 1060. The summed E-state index contributed by atoms with van der Waals surface area (Å²) in [5.74, 6) is 0.981. The molecule has 2 aliphatic carbocycles. The van der Waals surface area contributed by atoms with Crippen molar-refractivity contribution in [2.24, 2.45) is 17.8 Å². The third-order valence-corrected chi connectivity index (χ3v) is 9.12. The van der Waals surface area contributed by atoms with Gasteiger partial charge in [0.2, 0.25) is 5.89 Å². The van der Waals surface area contributed by atoms with Crippen LogP contribution in [0.3, 0.4) is 0 Å². The number of rotatable bonds is 15. The van der Waals surface area contributed by atoms with Crippen LogP contribution in [0.4, 0.5) is 0 Å². The number of carboxylic acids is 1. The molecule has 0 amide bonds. The third kappa shape index (κ3) is 18.0. The molecule has 1 heterocycles. The summed E-state index contributed by atoms with van der Waals surface area (Å²) in [6.07, 6.45) is 19.4. The molecule has 2 saturated carbocycles. The van der Waals surface area contributed by atoms with Gasteiger partial charge < -0.3 is 19.1 Å². The molecule has 0 aliphatic heterocycles. The minimum atomic E-state index is -0.885. The summed E-state index contributed by atoms with van der Waals surface area (Å²) in [4.78, 5) is 39.9. The van der Waals surface area contributed by atoms with Crippen LogP contribution in [0.5, 0.6) is 0 Å². The quantitative estimate of drug-likeness (QED) is 0.182. The summed E-state index contributed by atoms with van der Waals surface area (Å²) in [6, 6.07) is 0. The van der Waals surface area contributed by atoms with Crippen molar-refractivity contribution < 1.29 is 33.5 Å². The van der Waals surface area contributed by atoms with Crippen LogP contribution in [0.15, 0.2) is 4.52 Å². The Morgan fingerprint density at radius 3 is 1.66 bits per heavy atom. The average Bonchev–Trinajstić information content (AvgIpc) is 3.47. The van der Waals surface area contributed by atoms with Gasteiger partial charge in [-0.15, -0.1) is 0 Å². The van der Waals surface area contributed by atoms with E-state index in [-0.39, 0.29) is 24.2 Å². The van der Waals surface area contributed by atoms with E-state index in [1.165, 1.54) is 70.6 Å². The van der Waals surface area contributed by atoms with Crippen molar-refractivity contribution in [3.8, 4) is 0 Å². The monoisotopic (exact) mass is 662 g/mol. The predicted molar refractivity (Wildman–Crippen MR) is 184 cm³/mol. The molecule has 1 N–H and O–H groups in total. The van der Waals surface area contributed by atoms with Gasteiger partial charge in [0.15, 0.2) is 5.82 Å². The summed E-state index contributed by atoms with van der Waals surface area (Å²) in [5.41, 5.74) is -1.02. The number of esters is 2. The van der Waals surface area contributed by atoms with Gasteiger partial charge in [0.25, 0.3) is 0 Å². The van der Waals surface area contributed by atoms with Crippen LogP contribution in [0.25, 0.3) is 0 Å². The highest BCUT2D eigenvalue weighted by molar-refractivity contribution is 5.78. The lowest BCUT2D eigenvalue weighted by Gasteiger charge is -2.23. The molecule has 0 saturated heterocycles. The molecule has 0 aromatic carbocycles. The normalized spacial score (nSPS) is 17.8. The van der Waals surface area contributed by atoms with Gasteiger partial charge >= 0.3 is 17.9 Å². The lowest BCUT2D eigenvalue weighted by Crippen LogP contribution is -2.27. The Morgan fingerprint density at radius 1 is 0.766 bits per heavy atom. The Morgan fingerprint density at radius 2 is 1.23 bits per heavy atom. The van der Waals surface area contributed by atoms with Crippen molar-refractivity contribution in [1.82, 2.24) is 10.1 Å². The van der Waals surface area contributed by atoms with E-state index in [4.69, 9.17) is 14.0 Å². The topological polar surface area (TPSA) is 129 Å². The van der Waals surface area contributed by atoms with Crippen molar-refractivity contribution in [1.29, 1.82) is 0 Å². The number of hydrogen-bond acceptors (Lipinski definition) is 8. The number of aliphatic carboxylic acids is 1. The molecular weight excluding hydrogens is 596 g/mol. The van der Waals surface area contributed by atoms with Gasteiger partial charge in [-0.1, -0.05) is 109 Å². The lowest BCUT2D eigenvalue weighted by molar-refractivity contribution is -0.160. The van der Waals surface area contributed by atoms with Crippen molar-refractivity contribution in [2.45, 2.75) is 194 Å². The predicted octanol–water partition coefficient (Wildman–Crippen LogP) is 9.93. The van der Waals surface area contributed by atoms with Crippen molar-refractivity contribution in [2.75, 3.05) is 0 Å². The SMILES string of the molecule is CC(C)(C)OC(=O)C[C@@H](CCCC1CCCCC1)C(=O)O.CC(C)c1noc([C@H](CCCC2CCCCC2)CC(=O)OC(C)(C)C)n1. The van der Waals surface area contributed by atoms with E-state index in [9.17, 15) is 19.5 Å². The first-order chi connectivity index (χ1) is 22.0. The second-order valence-electron chi connectivity index (χ2n) is 16.3. The second-order valence-corrected chi connectivity index (χ2v) is 16.3. The Kier molecular flexibility index (Phi) is 17.5. The van der Waals surface area contributed by atoms with Gasteiger partial charge in [-0.2, -0.15) is 4.98 Å². The second kappa shape index (κ2) is 20.2. The van der Waals surface area contributed by atoms with Crippen LogP contribution >= 0.6 is 0 Å². The zero-order valence-electron chi connectivity index (χ0n) is 30.9. The summed E-state index contributed by atoms with van der Waals surface area (Å²) < 4.78 is 16.2. The highest BCUT2D eigenvalue weighted by Crippen LogP contribution is 2.32. The maximum Gasteiger partial charge on any atom is 0.307 e. The van der Waals surface area contributed by atoms with E-state index in [2.05, 4.69) is 10.1 Å². The Labute approximate surface area is 284 Å². The van der Waals surface area contributed by atoms with Crippen molar-refractivity contribution in [3.63, 3.8) is 0 Å².